The number of nitrogens with two attached hydrogens (primary N) is 1. The van der Waals surface area contributed by atoms with E-state index in [2.05, 4.69) is 30.0 Å². The van der Waals surface area contributed by atoms with Gasteiger partial charge in [-0.05, 0) is 19.8 Å². The van der Waals surface area contributed by atoms with Gasteiger partial charge in [-0.3, -0.25) is 9.89 Å². The zero-order valence-corrected chi connectivity index (χ0v) is 13.4. The van der Waals surface area contributed by atoms with Crippen LogP contribution in [0.4, 0.5) is 11.6 Å². The van der Waals surface area contributed by atoms with Gasteiger partial charge in [0, 0.05) is 24.0 Å². The maximum atomic E-state index is 12.7. The van der Waals surface area contributed by atoms with Gasteiger partial charge < -0.3 is 15.6 Å². The highest BCUT2D eigenvalue weighted by Gasteiger charge is 2.25. The number of nitrogen functional groups attached to an aromatic ring is 1. The summed E-state index contributed by atoms with van der Waals surface area (Å²) in [6.07, 6.45) is 7.86. The topological polar surface area (TPSA) is 115 Å². The summed E-state index contributed by atoms with van der Waals surface area (Å²) in [6, 6.07) is 2.13. The van der Waals surface area contributed by atoms with Crippen LogP contribution in [0.1, 0.15) is 47.8 Å². The van der Waals surface area contributed by atoms with E-state index in [0.717, 1.165) is 24.2 Å². The predicted molar refractivity (Wildman–Crippen MR) is 90.7 cm³/mol. The van der Waals surface area contributed by atoms with Crippen molar-refractivity contribution in [2.45, 2.75) is 38.6 Å². The fourth-order valence-corrected chi connectivity index (χ4v) is 3.41. The lowest BCUT2D eigenvalue weighted by Gasteiger charge is -2.12. The number of rotatable bonds is 3. The molecule has 24 heavy (non-hydrogen) atoms. The molecule has 0 aromatic carbocycles. The molecule has 0 unspecified atom stereocenters. The van der Waals surface area contributed by atoms with E-state index in [4.69, 9.17) is 5.73 Å². The molecule has 0 radical (unpaired) electrons. The van der Waals surface area contributed by atoms with Crippen molar-refractivity contribution in [1.82, 2.24) is 24.7 Å². The molecule has 4 N–H and O–H groups in total. The summed E-state index contributed by atoms with van der Waals surface area (Å²) in [5.41, 5.74) is 8.12. The summed E-state index contributed by atoms with van der Waals surface area (Å²) in [6.45, 7) is 1.88. The van der Waals surface area contributed by atoms with E-state index >= 15 is 0 Å². The number of aryl methyl sites for hydroxylation is 1. The van der Waals surface area contributed by atoms with E-state index in [1.165, 1.54) is 19.2 Å². The molecule has 0 spiro atoms. The zero-order chi connectivity index (χ0) is 16.7. The second kappa shape index (κ2) is 5.63. The van der Waals surface area contributed by atoms with E-state index in [9.17, 15) is 4.79 Å². The lowest BCUT2D eigenvalue weighted by atomic mass is 10.2. The number of hydrogen-bond acceptors (Lipinski definition) is 5. The Morgan fingerprint density at radius 2 is 2.17 bits per heavy atom. The third-order valence-corrected chi connectivity index (χ3v) is 4.55. The lowest BCUT2D eigenvalue weighted by molar-refractivity contribution is 0.102. The van der Waals surface area contributed by atoms with Gasteiger partial charge in [0.15, 0.2) is 5.82 Å². The number of nitrogens with zero attached hydrogens (tertiary/aromatic N) is 4. The van der Waals surface area contributed by atoms with Crippen LogP contribution < -0.4 is 11.1 Å². The van der Waals surface area contributed by atoms with Crippen LogP contribution in [-0.2, 0) is 0 Å². The molecule has 3 aromatic heterocycles. The van der Waals surface area contributed by atoms with Crippen molar-refractivity contribution in [3.05, 3.63) is 29.8 Å². The first-order valence-electron chi connectivity index (χ1n) is 8.08. The largest absolute Gasteiger partial charge is 0.383 e. The zero-order valence-electron chi connectivity index (χ0n) is 13.4. The van der Waals surface area contributed by atoms with E-state index in [0.29, 0.717) is 28.6 Å². The second-order valence-electron chi connectivity index (χ2n) is 6.24. The van der Waals surface area contributed by atoms with Gasteiger partial charge in [-0.25, -0.2) is 9.97 Å². The number of anilines is 2. The van der Waals surface area contributed by atoms with Crippen molar-refractivity contribution in [1.29, 1.82) is 0 Å². The first-order valence-corrected chi connectivity index (χ1v) is 8.08. The highest BCUT2D eigenvalue weighted by molar-refractivity contribution is 6.14. The number of hydrogen-bond donors (Lipinski definition) is 3. The van der Waals surface area contributed by atoms with Crippen molar-refractivity contribution < 1.29 is 4.79 Å². The van der Waals surface area contributed by atoms with Crippen LogP contribution in [0.15, 0.2) is 18.6 Å². The summed E-state index contributed by atoms with van der Waals surface area (Å²) in [5, 5.41) is 10.2. The minimum atomic E-state index is -0.259. The van der Waals surface area contributed by atoms with Crippen LogP contribution in [-0.4, -0.2) is 30.6 Å². The fraction of sp³-hybridized carbons (Fsp3) is 0.375. The van der Waals surface area contributed by atoms with Gasteiger partial charge in [-0.15, -0.1) is 0 Å². The maximum absolute atomic E-state index is 12.7. The minimum Gasteiger partial charge on any atom is -0.383 e. The summed E-state index contributed by atoms with van der Waals surface area (Å²) in [4.78, 5) is 21.2. The van der Waals surface area contributed by atoms with E-state index in [-0.39, 0.29) is 5.91 Å². The summed E-state index contributed by atoms with van der Waals surface area (Å²) < 4.78 is 2.07. The van der Waals surface area contributed by atoms with Gasteiger partial charge in [0.05, 0.1) is 10.9 Å². The molecule has 1 amide bonds. The smallest absolute Gasteiger partial charge is 0.259 e. The Kier molecular flexibility index (Phi) is 3.44. The van der Waals surface area contributed by atoms with Crippen LogP contribution in [0.25, 0.3) is 11.0 Å². The highest BCUT2D eigenvalue weighted by Crippen LogP contribution is 2.35. The number of amides is 1. The Bertz CT molecular complexity index is 904. The predicted octanol–water partition coefficient (Wildman–Crippen LogP) is 2.41. The third-order valence-electron chi connectivity index (χ3n) is 4.55. The Balaban J connectivity index is 1.78. The molecule has 8 heteroatoms. The van der Waals surface area contributed by atoms with Crippen LogP contribution >= 0.6 is 0 Å². The van der Waals surface area contributed by atoms with Crippen LogP contribution in [0.5, 0.6) is 0 Å². The molecular weight excluding hydrogens is 306 g/mol. The number of nitrogens with one attached hydrogen (secondary N) is 2. The molecule has 1 fully saturated rings. The van der Waals surface area contributed by atoms with Crippen molar-refractivity contribution in [3.8, 4) is 0 Å². The monoisotopic (exact) mass is 325 g/mol. The number of carbonyl (C=O) groups excluding carboxylic acids is 1. The molecule has 124 valence electrons. The normalized spacial score (nSPS) is 15.2. The Hall–Kier alpha value is -2.90. The van der Waals surface area contributed by atoms with E-state index in [1.807, 2.05) is 13.1 Å². The molecule has 1 saturated carbocycles. The van der Waals surface area contributed by atoms with Crippen molar-refractivity contribution in [2.24, 2.45) is 0 Å². The van der Waals surface area contributed by atoms with Crippen molar-refractivity contribution >= 4 is 28.6 Å². The first-order chi connectivity index (χ1) is 11.6. The average Bonchev–Trinajstić information content (AvgIpc) is 3.26. The molecule has 3 aromatic rings. The van der Waals surface area contributed by atoms with E-state index in [1.54, 1.807) is 6.07 Å². The average molecular weight is 325 g/mol. The van der Waals surface area contributed by atoms with Crippen LogP contribution in [0.2, 0.25) is 0 Å². The summed E-state index contributed by atoms with van der Waals surface area (Å²) >= 11 is 0. The summed E-state index contributed by atoms with van der Waals surface area (Å²) in [5.74, 6) is 0.541. The van der Waals surface area contributed by atoms with Gasteiger partial charge in [0.1, 0.15) is 17.8 Å². The van der Waals surface area contributed by atoms with Gasteiger partial charge >= 0.3 is 0 Å². The summed E-state index contributed by atoms with van der Waals surface area (Å²) in [7, 11) is 0. The molecule has 0 aliphatic heterocycles. The number of fused-ring (bicyclic) bond motifs is 1. The molecule has 8 nitrogen and oxygen atoms in total. The fourth-order valence-electron chi connectivity index (χ4n) is 3.41. The van der Waals surface area contributed by atoms with Crippen LogP contribution in [0, 0.1) is 6.92 Å². The molecular formula is C16H19N7O. The number of carbonyl (C=O) groups is 1. The molecule has 0 atom stereocenters. The highest BCUT2D eigenvalue weighted by atomic mass is 16.1. The van der Waals surface area contributed by atoms with Crippen molar-refractivity contribution in [2.75, 3.05) is 11.1 Å². The maximum Gasteiger partial charge on any atom is 0.259 e. The molecule has 3 heterocycles. The molecule has 1 aliphatic rings. The molecule has 1 aliphatic carbocycles. The molecule has 4 rings (SSSR count). The van der Waals surface area contributed by atoms with Gasteiger partial charge in [-0.1, -0.05) is 12.8 Å². The second-order valence-corrected chi connectivity index (χ2v) is 6.24. The number of aromatic amines is 1. The Labute approximate surface area is 138 Å². The third kappa shape index (κ3) is 2.40. The number of aromatic nitrogens is 5. The number of H-pyrrole nitrogens is 1. The van der Waals surface area contributed by atoms with Crippen LogP contribution in [0.3, 0.4) is 0 Å². The first kappa shape index (κ1) is 14.7. The lowest BCUT2D eigenvalue weighted by Crippen LogP contribution is -2.12. The Morgan fingerprint density at radius 3 is 2.88 bits per heavy atom. The SMILES string of the molecule is Cc1cc(NC(=O)c2cn(C3CCCC3)c3ncnc(N)c23)n[nH]1. The molecule has 0 bridgehead atoms. The quantitative estimate of drug-likeness (QED) is 0.684. The standard InChI is InChI=1S/C16H19N7O/c1-9-6-12(22-21-9)20-16(24)11-7-23(10-4-2-3-5-10)15-13(11)14(17)18-8-19-15/h6-8,10H,2-5H2,1H3,(H2,17,18,19)(H2,20,21,22,24). The minimum absolute atomic E-state index is 0.259. The molecule has 0 saturated heterocycles. The van der Waals surface area contributed by atoms with E-state index < -0.39 is 0 Å². The van der Waals surface area contributed by atoms with Gasteiger partial charge in [0.2, 0.25) is 0 Å². The van der Waals surface area contributed by atoms with Gasteiger partial charge in [0.25, 0.3) is 5.91 Å². The van der Waals surface area contributed by atoms with Gasteiger partial charge in [-0.2, -0.15) is 5.10 Å². The van der Waals surface area contributed by atoms with Crippen molar-refractivity contribution in [3.63, 3.8) is 0 Å². The Morgan fingerprint density at radius 1 is 1.38 bits per heavy atom.